The first kappa shape index (κ1) is 20.8. The highest BCUT2D eigenvalue weighted by molar-refractivity contribution is 7.53. The van der Waals surface area contributed by atoms with Gasteiger partial charge in [0.25, 0.3) is 0 Å². The third-order valence-corrected chi connectivity index (χ3v) is 4.52. The van der Waals surface area contributed by atoms with Crippen LogP contribution in [-0.4, -0.2) is 59.4 Å². The van der Waals surface area contributed by atoms with E-state index in [-0.39, 0.29) is 25.6 Å². The molecule has 0 saturated heterocycles. The Balaban J connectivity index is 4.63. The van der Waals surface area contributed by atoms with Crippen LogP contribution in [0.15, 0.2) is 0 Å². The van der Waals surface area contributed by atoms with E-state index in [1.165, 1.54) is 0 Å². The van der Waals surface area contributed by atoms with Crippen molar-refractivity contribution in [1.82, 2.24) is 10.4 Å². The van der Waals surface area contributed by atoms with Gasteiger partial charge >= 0.3 is 13.6 Å². The van der Waals surface area contributed by atoms with Crippen molar-refractivity contribution in [3.63, 3.8) is 0 Å². The maximum absolute atomic E-state index is 12.3. The van der Waals surface area contributed by atoms with Crippen LogP contribution in [0.3, 0.4) is 0 Å². The van der Waals surface area contributed by atoms with Gasteiger partial charge in [-0.2, -0.15) is 5.06 Å². The van der Waals surface area contributed by atoms with E-state index in [1.54, 1.807) is 13.8 Å². The molecule has 0 rings (SSSR count). The van der Waals surface area contributed by atoms with Gasteiger partial charge < -0.3 is 30.4 Å². The van der Waals surface area contributed by atoms with E-state index in [0.29, 0.717) is 18.0 Å². The second kappa shape index (κ2) is 10.5. The minimum atomic E-state index is -3.58. The molecule has 0 bridgehead atoms. The van der Waals surface area contributed by atoms with Crippen LogP contribution in [0.4, 0.5) is 0 Å². The van der Waals surface area contributed by atoms with Crippen molar-refractivity contribution in [2.45, 2.75) is 32.7 Å². The van der Waals surface area contributed by atoms with Crippen LogP contribution < -0.4 is 11.1 Å². The molecule has 0 spiro atoms. The normalized spacial score (nSPS) is 13.1. The highest BCUT2D eigenvalue weighted by Crippen LogP contribution is 2.48. The van der Waals surface area contributed by atoms with E-state index < -0.39 is 25.9 Å². The van der Waals surface area contributed by atoms with Crippen LogP contribution in [0, 0.1) is 5.41 Å². The number of nitrogens with zero attached hydrogens (tertiary/aromatic N) is 1. The molecule has 0 fully saturated rings. The fraction of sp³-hybridized carbons (Fsp3) is 0.818. The van der Waals surface area contributed by atoms with Crippen LogP contribution in [0.25, 0.3) is 0 Å². The fourth-order valence-electron chi connectivity index (χ4n) is 1.71. The lowest BCUT2D eigenvalue weighted by atomic mass is 10.1. The van der Waals surface area contributed by atoms with E-state index in [0.717, 1.165) is 0 Å². The number of guanidine groups is 1. The van der Waals surface area contributed by atoms with Crippen LogP contribution >= 0.6 is 7.60 Å². The number of aliphatic carboxylic acids is 1. The minimum absolute atomic E-state index is 0.0738. The van der Waals surface area contributed by atoms with Crippen molar-refractivity contribution in [2.24, 2.45) is 5.73 Å². The van der Waals surface area contributed by atoms with E-state index >= 15 is 0 Å². The lowest BCUT2D eigenvalue weighted by Gasteiger charge is -2.26. The van der Waals surface area contributed by atoms with Gasteiger partial charge in [-0.15, -0.1) is 0 Å². The molecule has 6 N–H and O–H groups in total. The summed E-state index contributed by atoms with van der Waals surface area (Å²) < 4.78 is 22.3. The summed E-state index contributed by atoms with van der Waals surface area (Å²) in [5.74, 6) is -1.48. The van der Waals surface area contributed by atoms with Crippen LogP contribution in [0.5, 0.6) is 0 Å². The van der Waals surface area contributed by atoms with Crippen LogP contribution in [0.1, 0.15) is 26.7 Å². The van der Waals surface area contributed by atoms with Crippen molar-refractivity contribution in [2.75, 3.05) is 26.0 Å². The van der Waals surface area contributed by atoms with Gasteiger partial charge in [0.1, 0.15) is 12.3 Å². The summed E-state index contributed by atoms with van der Waals surface area (Å²) in [4.78, 5) is 11.2. The van der Waals surface area contributed by atoms with E-state index in [1.807, 2.05) is 0 Å². The van der Waals surface area contributed by atoms with E-state index in [4.69, 9.17) is 25.3 Å². The minimum Gasteiger partial charge on any atom is -0.480 e. The summed E-state index contributed by atoms with van der Waals surface area (Å²) >= 11 is 0. The number of hydrogen-bond donors (Lipinski definition) is 5. The molecule has 10 nitrogen and oxygen atoms in total. The number of carbonyl (C=O) groups is 1. The zero-order valence-electron chi connectivity index (χ0n) is 12.8. The Kier molecular flexibility index (Phi) is 9.95. The Bertz CT molecular complexity index is 398. The largest absolute Gasteiger partial charge is 0.480 e. The highest BCUT2D eigenvalue weighted by Gasteiger charge is 2.33. The standard InChI is InChI=1S/C11H25N4O6P/c1-3-20-22(19,21-4-2)8-15(18)9(10(16)17)6-5-7-14-11(12)13/h9,18H,3-8H2,1-2H3,(H,16,17)(H4,12,13,14)/t9-/m0/s1. The van der Waals surface area contributed by atoms with Gasteiger partial charge in [0.15, 0.2) is 5.96 Å². The maximum atomic E-state index is 12.3. The first-order valence-corrected chi connectivity index (χ1v) is 8.62. The fourth-order valence-corrected chi connectivity index (χ4v) is 3.28. The molecule has 130 valence electrons. The molecule has 0 amide bonds. The molecule has 0 heterocycles. The third kappa shape index (κ3) is 8.30. The molecule has 0 aromatic heterocycles. The first-order valence-electron chi connectivity index (χ1n) is 6.90. The molecule has 0 aromatic carbocycles. The topological polar surface area (TPSA) is 158 Å². The molecule has 0 aliphatic rings. The zero-order valence-corrected chi connectivity index (χ0v) is 13.7. The first-order chi connectivity index (χ1) is 10.3. The number of hydrogen-bond acceptors (Lipinski definition) is 7. The summed E-state index contributed by atoms with van der Waals surface area (Å²) in [6.45, 7) is 3.77. The molecule has 22 heavy (non-hydrogen) atoms. The van der Waals surface area contributed by atoms with Gasteiger partial charge in [-0.25, -0.2) is 0 Å². The lowest BCUT2D eigenvalue weighted by Crippen LogP contribution is -2.40. The molecule has 0 aliphatic carbocycles. The van der Waals surface area contributed by atoms with E-state index in [2.05, 4.69) is 5.32 Å². The van der Waals surface area contributed by atoms with Gasteiger partial charge in [-0.3, -0.25) is 14.8 Å². The Labute approximate surface area is 129 Å². The van der Waals surface area contributed by atoms with Gasteiger partial charge in [0.2, 0.25) is 0 Å². The summed E-state index contributed by atoms with van der Waals surface area (Å²) in [6, 6.07) is -1.26. The average molecular weight is 340 g/mol. The van der Waals surface area contributed by atoms with Crippen molar-refractivity contribution in [3.05, 3.63) is 0 Å². The van der Waals surface area contributed by atoms with Crippen LogP contribution in [0.2, 0.25) is 0 Å². The second-order valence-electron chi connectivity index (χ2n) is 4.36. The Morgan fingerprint density at radius 2 is 1.95 bits per heavy atom. The van der Waals surface area contributed by atoms with Crippen molar-refractivity contribution in [1.29, 1.82) is 5.41 Å². The predicted molar refractivity (Wildman–Crippen MR) is 79.9 cm³/mol. The maximum Gasteiger partial charge on any atom is 0.346 e. The zero-order chi connectivity index (χ0) is 17.2. The molecule has 11 heteroatoms. The molecular weight excluding hydrogens is 315 g/mol. The Morgan fingerprint density at radius 1 is 1.41 bits per heavy atom. The number of nitrogens with two attached hydrogens (primary N) is 1. The van der Waals surface area contributed by atoms with Gasteiger partial charge in [-0.1, -0.05) is 0 Å². The lowest BCUT2D eigenvalue weighted by molar-refractivity contribution is -0.166. The average Bonchev–Trinajstić information content (AvgIpc) is 2.37. The second-order valence-corrected chi connectivity index (χ2v) is 6.39. The molecule has 0 unspecified atom stereocenters. The Morgan fingerprint density at radius 3 is 2.36 bits per heavy atom. The predicted octanol–water partition coefficient (Wildman–Crippen LogP) is 0.618. The molecule has 0 aromatic rings. The monoisotopic (exact) mass is 340 g/mol. The summed E-state index contributed by atoms with van der Waals surface area (Å²) in [7, 11) is -3.58. The number of rotatable bonds is 12. The molecule has 0 radical (unpaired) electrons. The van der Waals surface area contributed by atoms with Gasteiger partial charge in [0.05, 0.1) is 13.2 Å². The number of hydroxylamine groups is 2. The molecular formula is C11H25N4O6P. The summed E-state index contributed by atoms with van der Waals surface area (Å²) in [5.41, 5.74) is 5.10. The third-order valence-electron chi connectivity index (χ3n) is 2.58. The van der Waals surface area contributed by atoms with E-state index in [9.17, 15) is 14.6 Å². The van der Waals surface area contributed by atoms with Gasteiger partial charge in [-0.05, 0) is 26.7 Å². The molecule has 0 aliphatic heterocycles. The van der Waals surface area contributed by atoms with Crippen molar-refractivity contribution in [3.8, 4) is 0 Å². The van der Waals surface area contributed by atoms with Crippen molar-refractivity contribution < 1.29 is 28.7 Å². The SMILES string of the molecule is CCOP(=O)(CN(O)[C@@H](CCCNC(=N)N)C(=O)O)OCC. The number of carboxylic acid groups (broad SMARTS) is 1. The van der Waals surface area contributed by atoms with Crippen LogP contribution in [-0.2, 0) is 18.4 Å². The number of carboxylic acids is 1. The summed E-state index contributed by atoms with van der Waals surface area (Å²) in [6.07, 6.45) is -0.114. The molecule has 0 saturated carbocycles. The van der Waals surface area contributed by atoms with Gasteiger partial charge in [0, 0.05) is 6.54 Å². The Hall–Kier alpha value is -1.19. The quantitative estimate of drug-likeness (QED) is 0.113. The number of nitrogens with one attached hydrogen (secondary N) is 2. The smallest absolute Gasteiger partial charge is 0.346 e. The molecule has 1 atom stereocenters. The van der Waals surface area contributed by atoms with Crippen molar-refractivity contribution >= 4 is 19.5 Å². The highest BCUT2D eigenvalue weighted by atomic mass is 31.2. The summed E-state index contributed by atoms with van der Waals surface area (Å²) in [5, 5.41) is 29.0.